The fraction of sp³-hybridized carbons (Fsp3) is 0.214. The molecule has 0 aliphatic carbocycles. The van der Waals surface area contributed by atoms with Gasteiger partial charge in [0.15, 0.2) is 5.17 Å². The van der Waals surface area contributed by atoms with Gasteiger partial charge in [0.05, 0.1) is 18.1 Å². The maximum atomic E-state index is 12.2. The van der Waals surface area contributed by atoms with Crippen molar-refractivity contribution in [2.45, 2.75) is 0 Å². The van der Waals surface area contributed by atoms with E-state index in [-0.39, 0.29) is 18.4 Å². The van der Waals surface area contributed by atoms with Gasteiger partial charge in [-0.15, -0.1) is 11.3 Å². The molecule has 2 heterocycles. The average molecular weight is 354 g/mol. The van der Waals surface area contributed by atoms with Gasteiger partial charge in [0.2, 0.25) is 5.91 Å². The van der Waals surface area contributed by atoms with Gasteiger partial charge in [-0.2, -0.15) is 0 Å². The molecule has 1 aliphatic heterocycles. The summed E-state index contributed by atoms with van der Waals surface area (Å²) in [7, 11) is 0. The molecular weight excluding hydrogens is 342 g/mol. The minimum absolute atomic E-state index is 0.108. The predicted octanol–water partition coefficient (Wildman–Crippen LogP) is 2.50. The topological polar surface area (TPSA) is 70.6 Å². The van der Waals surface area contributed by atoms with Gasteiger partial charge in [-0.1, -0.05) is 41.6 Å². The number of amidine groups is 1. The van der Waals surface area contributed by atoms with Crippen LogP contribution < -0.4 is 10.6 Å². The van der Waals surface area contributed by atoms with E-state index in [0.717, 1.165) is 15.8 Å². The number of nitrogens with one attached hydrogen (secondary N) is 2. The number of thioether (sulfide) groups is 1. The van der Waals surface area contributed by atoms with Gasteiger partial charge in [0.1, 0.15) is 4.88 Å². The number of thiophene rings is 1. The Morgan fingerprint density at radius 1 is 1.32 bits per heavy atom. The van der Waals surface area contributed by atoms with Crippen molar-refractivity contribution < 1.29 is 9.59 Å². The van der Waals surface area contributed by atoms with Crippen molar-refractivity contribution in [1.29, 1.82) is 0 Å². The number of halogens is 1. The van der Waals surface area contributed by atoms with Gasteiger partial charge < -0.3 is 10.6 Å². The summed E-state index contributed by atoms with van der Waals surface area (Å²) in [6.45, 7) is 0.604. The van der Waals surface area contributed by atoms with Gasteiger partial charge in [0.25, 0.3) is 5.91 Å². The summed E-state index contributed by atoms with van der Waals surface area (Å²) >= 11 is 9.04. The van der Waals surface area contributed by atoms with Gasteiger partial charge in [-0.05, 0) is 6.07 Å². The van der Waals surface area contributed by atoms with Crippen LogP contribution in [0.5, 0.6) is 0 Å². The maximum Gasteiger partial charge on any atom is 0.263 e. The Labute approximate surface area is 140 Å². The number of amides is 2. The van der Waals surface area contributed by atoms with Gasteiger partial charge >= 0.3 is 0 Å². The molecule has 114 valence electrons. The van der Waals surface area contributed by atoms with Crippen molar-refractivity contribution in [3.05, 3.63) is 34.2 Å². The Kier molecular flexibility index (Phi) is 4.66. The van der Waals surface area contributed by atoms with E-state index in [9.17, 15) is 9.59 Å². The summed E-state index contributed by atoms with van der Waals surface area (Å²) in [6, 6.07) is 7.54. The second-order valence-corrected chi connectivity index (χ2v) is 7.02. The SMILES string of the molecule is O=C(CNC(=O)c1sc2ccccc2c1Cl)NC1=NCCS1. The first-order valence-electron chi connectivity index (χ1n) is 6.57. The molecule has 22 heavy (non-hydrogen) atoms. The lowest BCUT2D eigenvalue weighted by Crippen LogP contribution is -2.38. The summed E-state index contributed by atoms with van der Waals surface area (Å²) < 4.78 is 0.943. The predicted molar refractivity (Wildman–Crippen MR) is 92.1 cm³/mol. The molecule has 0 fully saturated rings. The smallest absolute Gasteiger partial charge is 0.263 e. The average Bonchev–Trinajstić information content (AvgIpc) is 3.13. The fourth-order valence-electron chi connectivity index (χ4n) is 1.98. The van der Waals surface area contributed by atoms with Crippen LogP contribution in [0.1, 0.15) is 9.67 Å². The molecule has 2 aromatic rings. The third-order valence-electron chi connectivity index (χ3n) is 2.98. The first-order chi connectivity index (χ1) is 10.6. The number of carbonyl (C=O) groups is 2. The van der Waals surface area contributed by atoms with Crippen LogP contribution in [0.25, 0.3) is 10.1 Å². The van der Waals surface area contributed by atoms with E-state index in [1.165, 1.54) is 23.1 Å². The van der Waals surface area contributed by atoms with E-state index in [4.69, 9.17) is 11.6 Å². The number of carbonyl (C=O) groups excluding carboxylic acids is 2. The van der Waals surface area contributed by atoms with Crippen molar-refractivity contribution in [3.63, 3.8) is 0 Å². The number of fused-ring (bicyclic) bond motifs is 1. The van der Waals surface area contributed by atoms with E-state index in [0.29, 0.717) is 21.6 Å². The zero-order valence-electron chi connectivity index (χ0n) is 11.4. The lowest BCUT2D eigenvalue weighted by molar-refractivity contribution is -0.118. The number of hydrogen-bond donors (Lipinski definition) is 2. The van der Waals surface area contributed by atoms with Crippen LogP contribution in [0.4, 0.5) is 0 Å². The van der Waals surface area contributed by atoms with Crippen molar-refractivity contribution in [2.24, 2.45) is 4.99 Å². The third-order valence-corrected chi connectivity index (χ3v) is 5.55. The molecule has 0 saturated carbocycles. The van der Waals surface area contributed by atoms with Crippen LogP contribution in [0.2, 0.25) is 5.02 Å². The zero-order chi connectivity index (χ0) is 15.5. The maximum absolute atomic E-state index is 12.2. The summed E-state index contributed by atoms with van der Waals surface area (Å²) in [5.41, 5.74) is 0. The van der Waals surface area contributed by atoms with Crippen LogP contribution in [0.15, 0.2) is 29.3 Å². The lowest BCUT2D eigenvalue weighted by Gasteiger charge is -2.05. The lowest BCUT2D eigenvalue weighted by atomic mass is 10.2. The molecule has 0 atom stereocenters. The monoisotopic (exact) mass is 353 g/mol. The first kappa shape index (κ1) is 15.3. The minimum atomic E-state index is -0.345. The molecule has 5 nitrogen and oxygen atoms in total. The van der Waals surface area contributed by atoms with Crippen molar-refractivity contribution in [1.82, 2.24) is 10.6 Å². The number of hydrogen-bond acceptors (Lipinski definition) is 5. The molecule has 8 heteroatoms. The van der Waals surface area contributed by atoms with Crippen molar-refractivity contribution in [2.75, 3.05) is 18.8 Å². The summed E-state index contributed by atoms with van der Waals surface area (Å²) in [4.78, 5) is 28.5. The Balaban J connectivity index is 1.63. The van der Waals surface area contributed by atoms with Crippen LogP contribution >= 0.6 is 34.7 Å². The van der Waals surface area contributed by atoms with E-state index >= 15 is 0 Å². The van der Waals surface area contributed by atoms with Crippen LogP contribution in [0, 0.1) is 0 Å². The highest BCUT2D eigenvalue weighted by atomic mass is 35.5. The van der Waals surface area contributed by atoms with E-state index < -0.39 is 0 Å². The number of nitrogens with zero attached hydrogens (tertiary/aromatic N) is 1. The highest BCUT2D eigenvalue weighted by Crippen LogP contribution is 2.34. The molecule has 0 spiro atoms. The zero-order valence-corrected chi connectivity index (χ0v) is 13.8. The molecule has 0 radical (unpaired) electrons. The summed E-state index contributed by atoms with van der Waals surface area (Å²) in [5, 5.41) is 7.13. The number of aliphatic imine (C=N–C) groups is 1. The molecule has 1 aliphatic rings. The van der Waals surface area contributed by atoms with E-state index in [2.05, 4.69) is 15.6 Å². The van der Waals surface area contributed by atoms with Gasteiger partial charge in [0, 0.05) is 15.8 Å². The number of rotatable bonds is 3. The Bertz CT molecular complexity index is 773. The Morgan fingerprint density at radius 2 is 2.14 bits per heavy atom. The van der Waals surface area contributed by atoms with Crippen molar-refractivity contribution in [3.8, 4) is 0 Å². The molecule has 1 aromatic heterocycles. The quantitative estimate of drug-likeness (QED) is 0.890. The van der Waals surface area contributed by atoms with Gasteiger partial charge in [-0.25, -0.2) is 0 Å². The molecule has 1 aromatic carbocycles. The van der Waals surface area contributed by atoms with Crippen molar-refractivity contribution >= 4 is 61.8 Å². The van der Waals surface area contributed by atoms with E-state index in [1.807, 2.05) is 24.3 Å². The summed E-state index contributed by atoms with van der Waals surface area (Å²) in [6.07, 6.45) is 0. The molecule has 0 saturated heterocycles. The Morgan fingerprint density at radius 3 is 2.86 bits per heavy atom. The molecule has 2 N–H and O–H groups in total. The van der Waals surface area contributed by atoms with Gasteiger partial charge in [-0.3, -0.25) is 14.6 Å². The summed E-state index contributed by atoms with van der Waals surface area (Å²) in [5.74, 6) is 0.236. The molecule has 0 bridgehead atoms. The molecule has 0 unspecified atom stereocenters. The molecular formula is C14H12ClN3O2S2. The highest BCUT2D eigenvalue weighted by molar-refractivity contribution is 8.14. The molecule has 2 amide bonds. The van der Waals surface area contributed by atoms with Crippen LogP contribution in [-0.4, -0.2) is 35.8 Å². The minimum Gasteiger partial charge on any atom is -0.342 e. The Hall–Kier alpha value is -1.57. The van der Waals surface area contributed by atoms with E-state index in [1.54, 1.807) is 0 Å². The normalized spacial score (nSPS) is 14.0. The van der Waals surface area contributed by atoms with Crippen LogP contribution in [-0.2, 0) is 4.79 Å². The second-order valence-electron chi connectivity index (χ2n) is 4.51. The second kappa shape index (κ2) is 6.68. The molecule has 3 rings (SSSR count). The fourth-order valence-corrected chi connectivity index (χ4v) is 4.15. The highest BCUT2D eigenvalue weighted by Gasteiger charge is 2.18. The van der Waals surface area contributed by atoms with Crippen LogP contribution in [0.3, 0.4) is 0 Å². The largest absolute Gasteiger partial charge is 0.342 e. The standard InChI is InChI=1S/C14H12ClN3O2S2/c15-11-8-3-1-2-4-9(8)22-12(11)13(20)17-7-10(19)18-14-16-5-6-21-14/h1-4H,5-7H2,(H,17,20)(H,16,18,19). The number of benzene rings is 1. The third kappa shape index (κ3) is 3.26. The first-order valence-corrected chi connectivity index (χ1v) is 8.75.